The Kier molecular flexibility index (Phi) is 4.36. The van der Waals surface area contributed by atoms with Crippen molar-refractivity contribution >= 4 is 12.4 Å². The summed E-state index contributed by atoms with van der Waals surface area (Å²) in [5.41, 5.74) is 4.54. The van der Waals surface area contributed by atoms with Crippen LogP contribution >= 0.6 is 12.4 Å². The van der Waals surface area contributed by atoms with E-state index in [9.17, 15) is 18.4 Å². The van der Waals surface area contributed by atoms with E-state index >= 15 is 0 Å². The van der Waals surface area contributed by atoms with E-state index in [4.69, 9.17) is 5.73 Å². The Bertz CT molecular complexity index is 341. The Morgan fingerprint density at radius 2 is 1.93 bits per heavy atom. The molecule has 0 fully saturated rings. The predicted molar refractivity (Wildman–Crippen MR) is 50.3 cm³/mol. The molecule has 15 heavy (non-hydrogen) atoms. The van der Waals surface area contributed by atoms with Crippen molar-refractivity contribution in [1.82, 2.24) is 0 Å². The lowest BCUT2D eigenvalue weighted by atomic mass is 10.1. The number of hydrogen-bond acceptors (Lipinski definition) is 2. The molecule has 0 saturated heterocycles. The van der Waals surface area contributed by atoms with Crippen molar-refractivity contribution in [2.45, 2.75) is 19.1 Å². The summed E-state index contributed by atoms with van der Waals surface area (Å²) in [6.45, 7) is 1.59. The molecule has 86 valence electrons. The Hall–Kier alpha value is -1.01. The van der Waals surface area contributed by atoms with Gasteiger partial charge in [0, 0.05) is 17.7 Å². The van der Waals surface area contributed by atoms with Gasteiger partial charge in [-0.1, -0.05) is 0 Å². The number of hydrogen-bond donors (Lipinski definition) is 1. The third-order valence-electron chi connectivity index (χ3n) is 1.75. The van der Waals surface area contributed by atoms with Gasteiger partial charge in [0.1, 0.15) is 0 Å². The Morgan fingerprint density at radius 3 is 2.27 bits per heavy atom. The molecule has 1 atom stereocenters. The summed E-state index contributed by atoms with van der Waals surface area (Å²) < 4.78 is 36.2. The molecular weight excluding hydrogens is 233 g/mol. The van der Waals surface area contributed by atoms with Crippen LogP contribution in [0, 0.1) is 5.21 Å². The average molecular weight is 243 g/mol. The smallest absolute Gasteiger partial charge is 0.478 e. The number of aromatic nitrogens is 1. The highest BCUT2D eigenvalue weighted by Gasteiger charge is 2.39. The van der Waals surface area contributed by atoms with Gasteiger partial charge in [-0.25, -0.2) is 0 Å². The lowest BCUT2D eigenvalue weighted by Gasteiger charge is -2.10. The zero-order valence-electron chi connectivity index (χ0n) is 7.78. The maximum atomic E-state index is 12.1. The molecule has 0 aliphatic heterocycles. The SMILES string of the molecule is CC(N)c1ccc(C(F)(F)F)[n+]([O-])c1.Cl. The minimum atomic E-state index is -4.63. The van der Waals surface area contributed by atoms with Gasteiger partial charge < -0.3 is 10.9 Å². The lowest BCUT2D eigenvalue weighted by Crippen LogP contribution is -2.37. The third-order valence-corrected chi connectivity index (χ3v) is 1.75. The van der Waals surface area contributed by atoms with Crippen molar-refractivity contribution in [1.29, 1.82) is 0 Å². The molecule has 1 unspecified atom stereocenters. The Labute approximate surface area is 90.7 Å². The van der Waals surface area contributed by atoms with Crippen molar-refractivity contribution in [3.05, 3.63) is 34.8 Å². The summed E-state index contributed by atoms with van der Waals surface area (Å²) in [6.07, 6.45) is -3.79. The molecule has 3 nitrogen and oxygen atoms in total. The van der Waals surface area contributed by atoms with Gasteiger partial charge in [-0.15, -0.1) is 12.4 Å². The number of rotatable bonds is 1. The first-order chi connectivity index (χ1) is 6.32. The standard InChI is InChI=1S/C8H9F3N2O.ClH/c1-5(12)6-2-3-7(8(9,10)11)13(14)4-6;/h2-5H,12H2,1H3;1H. The molecule has 1 rings (SSSR count). The summed E-state index contributed by atoms with van der Waals surface area (Å²) in [6, 6.07) is 1.46. The van der Waals surface area contributed by atoms with E-state index in [1.165, 1.54) is 6.07 Å². The van der Waals surface area contributed by atoms with E-state index in [2.05, 4.69) is 0 Å². The second-order valence-electron chi connectivity index (χ2n) is 2.96. The number of nitrogens with zero attached hydrogens (tertiary/aromatic N) is 1. The van der Waals surface area contributed by atoms with Crippen LogP contribution in [0.5, 0.6) is 0 Å². The van der Waals surface area contributed by atoms with Crippen LogP contribution in [0.1, 0.15) is 24.2 Å². The summed E-state index contributed by atoms with van der Waals surface area (Å²) in [5.74, 6) is 0. The minimum absolute atomic E-state index is 0. The molecule has 0 aliphatic carbocycles. The van der Waals surface area contributed by atoms with Gasteiger partial charge in [0.15, 0.2) is 6.20 Å². The van der Waals surface area contributed by atoms with Gasteiger partial charge in [0.25, 0.3) is 5.69 Å². The number of alkyl halides is 3. The topological polar surface area (TPSA) is 53.0 Å². The molecular formula is C8H10ClF3N2O. The highest BCUT2D eigenvalue weighted by molar-refractivity contribution is 5.85. The van der Waals surface area contributed by atoms with Gasteiger partial charge >= 0.3 is 6.18 Å². The fourth-order valence-electron chi connectivity index (χ4n) is 0.985. The molecule has 7 heteroatoms. The highest BCUT2D eigenvalue weighted by Crippen LogP contribution is 2.26. The van der Waals surface area contributed by atoms with Crippen LogP contribution in [-0.2, 0) is 6.18 Å². The molecule has 1 heterocycles. The van der Waals surface area contributed by atoms with Crippen molar-refractivity contribution in [3.63, 3.8) is 0 Å². The van der Waals surface area contributed by atoms with E-state index in [0.29, 0.717) is 5.56 Å². The number of pyridine rings is 1. The third kappa shape index (κ3) is 3.24. The summed E-state index contributed by atoms with van der Waals surface area (Å²) in [7, 11) is 0. The molecule has 0 aliphatic rings. The van der Waals surface area contributed by atoms with Crippen LogP contribution in [0.4, 0.5) is 13.2 Å². The van der Waals surface area contributed by atoms with E-state index in [-0.39, 0.29) is 17.1 Å². The van der Waals surface area contributed by atoms with Crippen LogP contribution < -0.4 is 10.5 Å². The fraction of sp³-hybridized carbons (Fsp3) is 0.375. The van der Waals surface area contributed by atoms with Gasteiger partial charge in [-0.05, 0) is 13.0 Å². The van der Waals surface area contributed by atoms with Crippen molar-refractivity contribution in [2.24, 2.45) is 5.73 Å². The monoisotopic (exact) mass is 242 g/mol. The van der Waals surface area contributed by atoms with Gasteiger partial charge in [0.2, 0.25) is 0 Å². The molecule has 0 radical (unpaired) electrons. The zero-order valence-corrected chi connectivity index (χ0v) is 8.60. The molecule has 0 amide bonds. The number of nitrogens with two attached hydrogens (primary N) is 1. The predicted octanol–water partition coefficient (Wildman–Crippen LogP) is 1.78. The molecule has 0 bridgehead atoms. The second-order valence-corrected chi connectivity index (χ2v) is 2.96. The van der Waals surface area contributed by atoms with Gasteiger partial charge in [-0.3, -0.25) is 0 Å². The van der Waals surface area contributed by atoms with Crippen molar-refractivity contribution < 1.29 is 17.9 Å². The van der Waals surface area contributed by atoms with Gasteiger partial charge in [0.05, 0.1) is 0 Å². The Balaban J connectivity index is 0.00000196. The minimum Gasteiger partial charge on any atom is -0.618 e. The summed E-state index contributed by atoms with van der Waals surface area (Å²) in [5, 5.41) is 10.9. The normalized spacial score (nSPS) is 13.1. The fourth-order valence-corrected chi connectivity index (χ4v) is 0.985. The molecule has 1 aromatic rings. The molecule has 0 spiro atoms. The lowest BCUT2D eigenvalue weighted by molar-refractivity contribution is -0.629. The first kappa shape index (κ1) is 14.0. The van der Waals surface area contributed by atoms with Crippen LogP contribution in [-0.4, -0.2) is 0 Å². The first-order valence-electron chi connectivity index (χ1n) is 3.88. The van der Waals surface area contributed by atoms with E-state index < -0.39 is 17.9 Å². The van der Waals surface area contributed by atoms with Gasteiger partial charge in [-0.2, -0.15) is 17.9 Å². The zero-order chi connectivity index (χ0) is 10.9. The van der Waals surface area contributed by atoms with Crippen LogP contribution in [0.15, 0.2) is 18.3 Å². The second kappa shape index (κ2) is 4.67. The maximum Gasteiger partial charge on any atom is 0.478 e. The molecule has 1 aromatic heterocycles. The Morgan fingerprint density at radius 1 is 1.40 bits per heavy atom. The quantitative estimate of drug-likeness (QED) is 0.603. The van der Waals surface area contributed by atoms with Crippen molar-refractivity contribution in [3.8, 4) is 0 Å². The van der Waals surface area contributed by atoms with E-state index in [0.717, 1.165) is 12.3 Å². The van der Waals surface area contributed by atoms with Crippen molar-refractivity contribution in [2.75, 3.05) is 0 Å². The van der Waals surface area contributed by atoms with Crippen LogP contribution in [0.2, 0.25) is 0 Å². The summed E-state index contributed by atoms with van der Waals surface area (Å²) >= 11 is 0. The maximum absolute atomic E-state index is 12.1. The average Bonchev–Trinajstić information content (AvgIpc) is 2.01. The highest BCUT2D eigenvalue weighted by atomic mass is 35.5. The van der Waals surface area contributed by atoms with Crippen LogP contribution in [0.25, 0.3) is 0 Å². The largest absolute Gasteiger partial charge is 0.618 e. The number of halogens is 4. The van der Waals surface area contributed by atoms with Crippen LogP contribution in [0.3, 0.4) is 0 Å². The first-order valence-corrected chi connectivity index (χ1v) is 3.88. The molecule has 0 saturated carbocycles. The molecule has 2 N–H and O–H groups in total. The molecule has 0 aromatic carbocycles. The van der Waals surface area contributed by atoms with E-state index in [1.807, 2.05) is 0 Å². The summed E-state index contributed by atoms with van der Waals surface area (Å²) in [4.78, 5) is 0. The van der Waals surface area contributed by atoms with E-state index in [1.54, 1.807) is 6.92 Å².